The van der Waals surface area contributed by atoms with Crippen LogP contribution < -0.4 is 15.2 Å². The number of fused-ring (bicyclic) bond motifs is 1. The van der Waals surface area contributed by atoms with E-state index in [0.29, 0.717) is 5.82 Å². The number of hydrogen-bond donors (Lipinski definition) is 1. The number of anilines is 1. The van der Waals surface area contributed by atoms with Crippen LogP contribution in [0.2, 0.25) is 0 Å². The predicted octanol–water partition coefficient (Wildman–Crippen LogP) is 1.96. The number of nitrogen functional groups attached to an aromatic ring is 1. The molecule has 0 unspecified atom stereocenters. The molecule has 3 rings (SSSR count). The highest BCUT2D eigenvalue weighted by Gasteiger charge is 2.21. The average molecular weight is 245 g/mol. The number of nitrogens with zero attached hydrogens (tertiary/aromatic N) is 2. The van der Waals surface area contributed by atoms with E-state index in [1.807, 2.05) is 25.2 Å². The zero-order valence-corrected chi connectivity index (χ0v) is 10.4. The van der Waals surface area contributed by atoms with Crippen molar-refractivity contribution in [2.24, 2.45) is 7.05 Å². The monoisotopic (exact) mass is 245 g/mol. The summed E-state index contributed by atoms with van der Waals surface area (Å²) in [5.74, 6) is 2.28. The lowest BCUT2D eigenvalue weighted by molar-refractivity contribution is 0.173. The Bertz CT molecular complexity index is 585. The highest BCUT2D eigenvalue weighted by atomic mass is 16.7. The van der Waals surface area contributed by atoms with Crippen LogP contribution in [0.1, 0.15) is 12.5 Å². The standard InChI is InChI=1S/C13H15N3O2/c1-3-8-9(10-6-12(14)16(2)15-10)4-5-11-13(8)18-7-17-11/h4-6H,3,7,14H2,1-2H3. The molecular weight excluding hydrogens is 230 g/mol. The van der Waals surface area contributed by atoms with E-state index in [2.05, 4.69) is 12.0 Å². The van der Waals surface area contributed by atoms with Crippen LogP contribution in [-0.4, -0.2) is 16.6 Å². The van der Waals surface area contributed by atoms with Crippen molar-refractivity contribution < 1.29 is 9.47 Å². The highest BCUT2D eigenvalue weighted by Crippen LogP contribution is 2.41. The van der Waals surface area contributed by atoms with Gasteiger partial charge in [-0.2, -0.15) is 5.10 Å². The minimum Gasteiger partial charge on any atom is -0.454 e. The van der Waals surface area contributed by atoms with Crippen LogP contribution >= 0.6 is 0 Å². The zero-order chi connectivity index (χ0) is 12.7. The summed E-state index contributed by atoms with van der Waals surface area (Å²) in [7, 11) is 1.83. The molecular formula is C13H15N3O2. The van der Waals surface area contributed by atoms with Crippen molar-refractivity contribution in [1.29, 1.82) is 0 Å². The lowest BCUT2D eigenvalue weighted by Gasteiger charge is -2.08. The van der Waals surface area contributed by atoms with Crippen LogP contribution in [0, 0.1) is 0 Å². The van der Waals surface area contributed by atoms with Crippen molar-refractivity contribution in [2.75, 3.05) is 12.5 Å². The molecule has 1 aromatic heterocycles. The topological polar surface area (TPSA) is 62.3 Å². The van der Waals surface area contributed by atoms with Gasteiger partial charge in [0.25, 0.3) is 0 Å². The summed E-state index contributed by atoms with van der Waals surface area (Å²) in [6.07, 6.45) is 0.859. The quantitative estimate of drug-likeness (QED) is 0.878. The fourth-order valence-electron chi connectivity index (χ4n) is 2.23. The minimum atomic E-state index is 0.288. The van der Waals surface area contributed by atoms with Crippen LogP contribution in [0.15, 0.2) is 18.2 Å². The van der Waals surface area contributed by atoms with Gasteiger partial charge in [-0.15, -0.1) is 0 Å². The van der Waals surface area contributed by atoms with Gasteiger partial charge in [-0.3, -0.25) is 4.68 Å². The summed E-state index contributed by atoms with van der Waals surface area (Å²) >= 11 is 0. The Labute approximate surface area is 105 Å². The maximum Gasteiger partial charge on any atom is 0.231 e. The van der Waals surface area contributed by atoms with Gasteiger partial charge in [-0.25, -0.2) is 0 Å². The van der Waals surface area contributed by atoms with Crippen LogP contribution in [-0.2, 0) is 13.5 Å². The number of ether oxygens (including phenoxy) is 2. The van der Waals surface area contributed by atoms with Gasteiger partial charge >= 0.3 is 0 Å². The largest absolute Gasteiger partial charge is 0.454 e. The molecule has 0 bridgehead atoms. The summed E-state index contributed by atoms with van der Waals surface area (Å²) in [5, 5.41) is 4.41. The van der Waals surface area contributed by atoms with Crippen LogP contribution in [0.4, 0.5) is 5.82 Å². The molecule has 2 heterocycles. The Hall–Kier alpha value is -2.17. The second-order valence-electron chi connectivity index (χ2n) is 4.26. The Morgan fingerprint density at radius 2 is 2.22 bits per heavy atom. The van der Waals surface area contributed by atoms with Crippen molar-refractivity contribution >= 4 is 5.82 Å². The van der Waals surface area contributed by atoms with Crippen molar-refractivity contribution in [2.45, 2.75) is 13.3 Å². The van der Waals surface area contributed by atoms with E-state index >= 15 is 0 Å². The van der Waals surface area contributed by atoms with Gasteiger partial charge in [-0.1, -0.05) is 6.92 Å². The summed E-state index contributed by atoms with van der Waals surface area (Å²) in [6, 6.07) is 5.80. The second kappa shape index (κ2) is 3.94. The van der Waals surface area contributed by atoms with Gasteiger partial charge in [0.15, 0.2) is 11.5 Å². The number of rotatable bonds is 2. The number of aromatic nitrogens is 2. The molecule has 2 aromatic rings. The van der Waals surface area contributed by atoms with Crippen molar-refractivity contribution in [1.82, 2.24) is 9.78 Å². The maximum absolute atomic E-state index is 5.83. The van der Waals surface area contributed by atoms with Gasteiger partial charge in [0.05, 0.1) is 5.69 Å². The number of benzene rings is 1. The molecule has 0 spiro atoms. The van der Waals surface area contributed by atoms with Crippen molar-refractivity contribution in [3.8, 4) is 22.8 Å². The van der Waals surface area contributed by atoms with Gasteiger partial charge in [0, 0.05) is 24.2 Å². The number of nitrogens with two attached hydrogens (primary N) is 1. The SMILES string of the molecule is CCc1c(-c2cc(N)n(C)n2)ccc2c1OCO2. The molecule has 0 atom stereocenters. The lowest BCUT2D eigenvalue weighted by atomic mass is 10.0. The van der Waals surface area contributed by atoms with Crippen LogP contribution in [0.3, 0.4) is 0 Å². The molecule has 5 heteroatoms. The Morgan fingerprint density at radius 1 is 1.39 bits per heavy atom. The van der Waals surface area contributed by atoms with E-state index in [1.54, 1.807) is 4.68 Å². The first-order valence-electron chi connectivity index (χ1n) is 5.92. The first-order valence-corrected chi connectivity index (χ1v) is 5.92. The van der Waals surface area contributed by atoms with Gasteiger partial charge in [-0.05, 0) is 18.6 Å². The van der Waals surface area contributed by atoms with Gasteiger partial charge < -0.3 is 15.2 Å². The average Bonchev–Trinajstić information content (AvgIpc) is 2.95. The van der Waals surface area contributed by atoms with Crippen molar-refractivity contribution in [3.63, 3.8) is 0 Å². The van der Waals surface area contributed by atoms with Gasteiger partial charge in [0.2, 0.25) is 6.79 Å². The molecule has 94 valence electrons. The van der Waals surface area contributed by atoms with Gasteiger partial charge in [0.1, 0.15) is 5.82 Å². The third-order valence-corrected chi connectivity index (χ3v) is 3.19. The Morgan fingerprint density at radius 3 is 2.89 bits per heavy atom. The van der Waals surface area contributed by atoms with E-state index in [9.17, 15) is 0 Å². The fraction of sp³-hybridized carbons (Fsp3) is 0.308. The highest BCUT2D eigenvalue weighted by molar-refractivity contribution is 5.71. The third-order valence-electron chi connectivity index (χ3n) is 3.19. The predicted molar refractivity (Wildman–Crippen MR) is 68.6 cm³/mol. The third kappa shape index (κ3) is 1.51. The molecule has 18 heavy (non-hydrogen) atoms. The van der Waals surface area contributed by atoms with E-state index in [-0.39, 0.29) is 6.79 Å². The molecule has 0 aliphatic carbocycles. The number of hydrogen-bond acceptors (Lipinski definition) is 4. The minimum absolute atomic E-state index is 0.288. The lowest BCUT2D eigenvalue weighted by Crippen LogP contribution is -1.97. The Kier molecular flexibility index (Phi) is 2.40. The molecule has 0 amide bonds. The molecule has 0 saturated carbocycles. The Balaban J connectivity index is 2.17. The maximum atomic E-state index is 5.83. The van der Waals surface area contributed by atoms with Crippen molar-refractivity contribution in [3.05, 3.63) is 23.8 Å². The van der Waals surface area contributed by atoms with E-state index in [1.165, 1.54) is 0 Å². The first kappa shape index (κ1) is 11.0. The summed E-state index contributed by atoms with van der Waals surface area (Å²) in [5.41, 5.74) is 8.86. The van der Waals surface area contributed by atoms with E-state index in [4.69, 9.17) is 15.2 Å². The van der Waals surface area contributed by atoms with E-state index in [0.717, 1.165) is 34.7 Å². The summed E-state index contributed by atoms with van der Waals surface area (Å²) in [6.45, 7) is 2.38. The summed E-state index contributed by atoms with van der Waals surface area (Å²) in [4.78, 5) is 0. The molecule has 0 saturated heterocycles. The van der Waals surface area contributed by atoms with E-state index < -0.39 is 0 Å². The molecule has 5 nitrogen and oxygen atoms in total. The fourth-order valence-corrected chi connectivity index (χ4v) is 2.23. The number of aryl methyl sites for hydroxylation is 1. The molecule has 0 fully saturated rings. The molecule has 1 aromatic carbocycles. The molecule has 1 aliphatic rings. The molecule has 1 aliphatic heterocycles. The first-order chi connectivity index (χ1) is 8.70. The van der Waals surface area contributed by atoms with Crippen LogP contribution in [0.5, 0.6) is 11.5 Å². The van der Waals surface area contributed by atoms with Crippen LogP contribution in [0.25, 0.3) is 11.3 Å². The normalized spacial score (nSPS) is 13.0. The zero-order valence-electron chi connectivity index (χ0n) is 10.4. The summed E-state index contributed by atoms with van der Waals surface area (Å²) < 4.78 is 12.6. The molecule has 2 N–H and O–H groups in total. The smallest absolute Gasteiger partial charge is 0.231 e. The second-order valence-corrected chi connectivity index (χ2v) is 4.26. The molecule has 0 radical (unpaired) electrons.